The maximum atomic E-state index is 12.8. The Morgan fingerprint density at radius 3 is 2.00 bits per heavy atom. The molecule has 0 bridgehead atoms. The molecule has 1 fully saturated rings. The Hall–Kier alpha value is -0.850. The van der Waals surface area contributed by atoms with Gasteiger partial charge in [-0.3, -0.25) is 4.79 Å². The van der Waals surface area contributed by atoms with Crippen LogP contribution < -0.4 is 0 Å². The van der Waals surface area contributed by atoms with E-state index in [0.29, 0.717) is 6.08 Å². The zero-order chi connectivity index (χ0) is 14.5. The second-order valence-electron chi connectivity index (χ2n) is 4.75. The summed E-state index contributed by atoms with van der Waals surface area (Å²) in [6.45, 7) is 2.92. The van der Waals surface area contributed by atoms with Crippen molar-refractivity contribution < 1.29 is 31.9 Å². The van der Waals surface area contributed by atoms with Crippen LogP contribution in [-0.4, -0.2) is 23.2 Å². The largest absolute Gasteiger partial charge is 0.481 e. The summed E-state index contributed by atoms with van der Waals surface area (Å²) in [7, 11) is 0. The van der Waals surface area contributed by atoms with Crippen LogP contribution in [0.2, 0.25) is 0 Å². The van der Waals surface area contributed by atoms with Crippen molar-refractivity contribution in [2.24, 2.45) is 17.3 Å². The maximum Gasteiger partial charge on any atom is 0.459 e. The Labute approximate surface area is 104 Å². The normalized spacial score (nSPS) is 28.1. The number of alkyl halides is 5. The second kappa shape index (κ2) is 4.08. The van der Waals surface area contributed by atoms with Crippen LogP contribution in [0.3, 0.4) is 0 Å². The number of halogens is 6. The van der Waals surface area contributed by atoms with Crippen molar-refractivity contribution in [3.8, 4) is 0 Å². The number of allylic oxidation sites excluding steroid dienone is 2. The molecule has 18 heavy (non-hydrogen) atoms. The summed E-state index contributed by atoms with van der Waals surface area (Å²) < 4.78 is 61.7. The number of carbonyl (C=O) groups is 1. The van der Waals surface area contributed by atoms with Gasteiger partial charge in [-0.25, -0.2) is 0 Å². The van der Waals surface area contributed by atoms with E-state index in [0.717, 1.165) is 0 Å². The minimum absolute atomic E-state index is 0.494. The summed E-state index contributed by atoms with van der Waals surface area (Å²) in [5.41, 5.74) is -0.881. The lowest BCUT2D eigenvalue weighted by atomic mass is 10.1. The van der Waals surface area contributed by atoms with E-state index in [2.05, 4.69) is 0 Å². The SMILES string of the molecule is CC1(C)C(/C=C(\Cl)C(F)(F)C(F)(F)F)C1C(=O)O. The van der Waals surface area contributed by atoms with E-state index in [1.54, 1.807) is 0 Å². The molecule has 2 unspecified atom stereocenters. The van der Waals surface area contributed by atoms with Gasteiger partial charge in [0, 0.05) is 0 Å². The molecular formula is C10H10ClF5O2. The Morgan fingerprint density at radius 1 is 1.28 bits per heavy atom. The van der Waals surface area contributed by atoms with Crippen molar-refractivity contribution in [1.82, 2.24) is 0 Å². The first-order valence-corrected chi connectivity index (χ1v) is 5.26. The Balaban J connectivity index is 2.97. The van der Waals surface area contributed by atoms with Gasteiger partial charge in [-0.15, -0.1) is 0 Å². The molecule has 0 spiro atoms. The van der Waals surface area contributed by atoms with Crippen molar-refractivity contribution in [1.29, 1.82) is 0 Å². The van der Waals surface area contributed by atoms with Gasteiger partial charge in [0.2, 0.25) is 0 Å². The molecule has 8 heteroatoms. The van der Waals surface area contributed by atoms with Crippen LogP contribution in [0, 0.1) is 17.3 Å². The first-order chi connectivity index (χ1) is 7.83. The van der Waals surface area contributed by atoms with Crippen LogP contribution in [0.4, 0.5) is 22.0 Å². The Bertz CT molecular complexity index is 400. The molecule has 0 aliphatic heterocycles. The molecule has 0 radical (unpaired) electrons. The minimum atomic E-state index is -5.79. The first-order valence-electron chi connectivity index (χ1n) is 4.88. The first kappa shape index (κ1) is 15.2. The average Bonchev–Trinajstić information content (AvgIpc) is 2.65. The van der Waals surface area contributed by atoms with Gasteiger partial charge < -0.3 is 5.11 Å². The molecule has 1 saturated carbocycles. The third-order valence-corrected chi connectivity index (χ3v) is 3.52. The van der Waals surface area contributed by atoms with Crippen LogP contribution in [0.15, 0.2) is 11.1 Å². The van der Waals surface area contributed by atoms with Gasteiger partial charge >= 0.3 is 18.1 Å². The number of carboxylic acid groups (broad SMARTS) is 1. The molecule has 1 aliphatic carbocycles. The van der Waals surface area contributed by atoms with Crippen molar-refractivity contribution in [2.75, 3.05) is 0 Å². The van der Waals surface area contributed by atoms with Gasteiger partial charge in [0.05, 0.1) is 11.0 Å². The zero-order valence-corrected chi connectivity index (χ0v) is 10.1. The van der Waals surface area contributed by atoms with E-state index in [9.17, 15) is 26.7 Å². The number of carboxylic acids is 1. The molecule has 1 rings (SSSR count). The van der Waals surface area contributed by atoms with E-state index in [4.69, 9.17) is 16.7 Å². The molecule has 104 valence electrons. The number of aliphatic carboxylic acids is 1. The molecule has 2 atom stereocenters. The van der Waals surface area contributed by atoms with Crippen molar-refractivity contribution >= 4 is 17.6 Å². The van der Waals surface area contributed by atoms with Gasteiger partial charge in [-0.05, 0) is 11.3 Å². The van der Waals surface area contributed by atoms with Gasteiger partial charge in [0.15, 0.2) is 0 Å². The Kier molecular flexibility index (Phi) is 3.45. The van der Waals surface area contributed by atoms with E-state index >= 15 is 0 Å². The fourth-order valence-electron chi connectivity index (χ4n) is 1.86. The summed E-state index contributed by atoms with van der Waals surface area (Å²) in [4.78, 5) is 10.7. The molecule has 1 N–H and O–H groups in total. The minimum Gasteiger partial charge on any atom is -0.481 e. The molecular weight excluding hydrogens is 283 g/mol. The molecule has 0 aromatic heterocycles. The van der Waals surface area contributed by atoms with Gasteiger partial charge in [-0.2, -0.15) is 22.0 Å². The number of hydrogen-bond donors (Lipinski definition) is 1. The van der Waals surface area contributed by atoms with E-state index in [1.807, 2.05) is 0 Å². The summed E-state index contributed by atoms with van der Waals surface area (Å²) in [5, 5.41) is 7.07. The standard InChI is InChI=1S/C10H10ClF5O2/c1-8(2)4(6(8)7(17)18)3-5(11)9(12,13)10(14,15)16/h3-4,6H,1-2H3,(H,17,18)/b5-3-. The third-order valence-electron chi connectivity index (χ3n) is 3.16. The van der Waals surface area contributed by atoms with E-state index in [-0.39, 0.29) is 0 Å². The van der Waals surface area contributed by atoms with Crippen LogP contribution >= 0.6 is 11.6 Å². The Morgan fingerprint density at radius 2 is 1.72 bits per heavy atom. The second-order valence-corrected chi connectivity index (χ2v) is 5.16. The van der Waals surface area contributed by atoms with Crippen LogP contribution in [0.1, 0.15) is 13.8 Å². The van der Waals surface area contributed by atoms with Gasteiger partial charge in [0.1, 0.15) is 0 Å². The van der Waals surface area contributed by atoms with Crippen LogP contribution in [0.25, 0.3) is 0 Å². The molecule has 0 amide bonds. The van der Waals surface area contributed by atoms with Crippen molar-refractivity contribution in [3.63, 3.8) is 0 Å². The highest BCUT2D eigenvalue weighted by molar-refractivity contribution is 6.30. The quantitative estimate of drug-likeness (QED) is 0.806. The topological polar surface area (TPSA) is 37.3 Å². The van der Waals surface area contributed by atoms with Crippen LogP contribution in [0.5, 0.6) is 0 Å². The lowest BCUT2D eigenvalue weighted by Crippen LogP contribution is -2.36. The molecule has 0 aromatic carbocycles. The summed E-state index contributed by atoms with van der Waals surface area (Å²) in [5.74, 6) is -8.34. The smallest absolute Gasteiger partial charge is 0.459 e. The van der Waals surface area contributed by atoms with Gasteiger partial charge in [0.25, 0.3) is 0 Å². The molecule has 0 aromatic rings. The van der Waals surface area contributed by atoms with E-state index in [1.165, 1.54) is 13.8 Å². The predicted octanol–water partition coefficient (Wildman–Crippen LogP) is 3.66. The highest BCUT2D eigenvalue weighted by atomic mass is 35.5. The van der Waals surface area contributed by atoms with Gasteiger partial charge in [-0.1, -0.05) is 31.5 Å². The van der Waals surface area contributed by atoms with Crippen LogP contribution in [-0.2, 0) is 4.79 Å². The summed E-state index contributed by atoms with van der Waals surface area (Å²) in [6, 6.07) is 0. The predicted molar refractivity (Wildman–Crippen MR) is 53.3 cm³/mol. The monoisotopic (exact) mass is 292 g/mol. The average molecular weight is 293 g/mol. The molecule has 0 saturated heterocycles. The molecule has 1 aliphatic rings. The summed E-state index contributed by atoms with van der Waals surface area (Å²) >= 11 is 4.99. The fraction of sp³-hybridized carbons (Fsp3) is 0.700. The number of hydrogen-bond acceptors (Lipinski definition) is 1. The van der Waals surface area contributed by atoms with Crippen molar-refractivity contribution in [2.45, 2.75) is 25.9 Å². The highest BCUT2D eigenvalue weighted by Gasteiger charge is 2.64. The lowest BCUT2D eigenvalue weighted by Gasteiger charge is -2.18. The van der Waals surface area contributed by atoms with E-state index < -0.39 is 40.4 Å². The van der Waals surface area contributed by atoms with Crippen molar-refractivity contribution in [3.05, 3.63) is 11.1 Å². The zero-order valence-electron chi connectivity index (χ0n) is 9.36. The molecule has 0 heterocycles. The third kappa shape index (κ3) is 2.32. The maximum absolute atomic E-state index is 12.8. The summed E-state index contributed by atoms with van der Waals surface area (Å²) in [6.07, 6.45) is -5.30. The highest BCUT2D eigenvalue weighted by Crippen LogP contribution is 2.60. The number of rotatable bonds is 3. The molecule has 2 nitrogen and oxygen atoms in total. The fourth-order valence-corrected chi connectivity index (χ4v) is 2.10. The lowest BCUT2D eigenvalue weighted by molar-refractivity contribution is -0.261.